The number of aliphatic hydroxyl groups is 1. The van der Waals surface area contributed by atoms with E-state index >= 15 is 0 Å². The molecule has 1 aromatic carbocycles. The number of rotatable bonds is 4. The molecule has 27 heavy (non-hydrogen) atoms. The largest absolute Gasteiger partial charge is 0.392 e. The molecule has 1 spiro atoms. The number of fused-ring (bicyclic) bond motifs is 4. The molecule has 2 saturated heterocycles. The Kier molecular flexibility index (Phi) is 4.06. The summed E-state index contributed by atoms with van der Waals surface area (Å²) in [6.45, 7) is 1.71. The van der Waals surface area contributed by atoms with Crippen molar-refractivity contribution in [2.45, 2.75) is 24.6 Å². The Morgan fingerprint density at radius 2 is 2.07 bits per heavy atom. The fourth-order valence-electron chi connectivity index (χ4n) is 4.58. The van der Waals surface area contributed by atoms with Gasteiger partial charge < -0.3 is 15.2 Å². The number of imide groups is 1. The van der Waals surface area contributed by atoms with Crippen molar-refractivity contribution in [3.05, 3.63) is 29.6 Å². The highest BCUT2D eigenvalue weighted by Gasteiger charge is 2.71. The van der Waals surface area contributed by atoms with Gasteiger partial charge in [-0.3, -0.25) is 24.6 Å². The van der Waals surface area contributed by atoms with Crippen LogP contribution in [-0.2, 0) is 24.7 Å². The third-order valence-corrected chi connectivity index (χ3v) is 5.74. The quantitative estimate of drug-likeness (QED) is 0.615. The number of methoxy groups -OCH3 is 1. The minimum atomic E-state index is -1.60. The normalized spacial score (nSPS) is 32.8. The van der Waals surface area contributed by atoms with Crippen LogP contribution in [0.4, 0.5) is 10.1 Å². The van der Waals surface area contributed by atoms with Crippen LogP contribution in [-0.4, -0.2) is 60.1 Å². The Bertz CT molecular complexity index is 844. The Hall–Kier alpha value is -2.36. The number of carbonyl (C=O) groups excluding carboxylic acids is 3. The fourth-order valence-corrected chi connectivity index (χ4v) is 4.58. The van der Waals surface area contributed by atoms with E-state index in [0.717, 1.165) is 4.90 Å². The Morgan fingerprint density at radius 3 is 2.74 bits per heavy atom. The summed E-state index contributed by atoms with van der Waals surface area (Å²) in [5, 5.41) is 15.9. The van der Waals surface area contributed by atoms with Gasteiger partial charge in [0, 0.05) is 24.4 Å². The van der Waals surface area contributed by atoms with Gasteiger partial charge in [-0.05, 0) is 25.1 Å². The number of aliphatic hydroxyl groups excluding tert-OH is 1. The molecule has 1 aromatic rings. The van der Waals surface area contributed by atoms with Gasteiger partial charge in [0.05, 0.1) is 31.1 Å². The zero-order valence-electron chi connectivity index (χ0n) is 14.9. The number of nitrogens with one attached hydrogen (secondary N) is 2. The van der Waals surface area contributed by atoms with E-state index in [4.69, 9.17) is 4.74 Å². The van der Waals surface area contributed by atoms with E-state index in [2.05, 4.69) is 10.6 Å². The van der Waals surface area contributed by atoms with Crippen molar-refractivity contribution in [2.24, 2.45) is 11.8 Å². The molecule has 0 aromatic heterocycles. The Morgan fingerprint density at radius 1 is 1.33 bits per heavy atom. The second-order valence-corrected chi connectivity index (χ2v) is 7.19. The zero-order chi connectivity index (χ0) is 19.5. The maximum atomic E-state index is 13.9. The number of benzene rings is 1. The summed E-state index contributed by atoms with van der Waals surface area (Å²) in [4.78, 5) is 40.1. The number of carbonyl (C=O) groups is 3. The number of ether oxygens (including phenoxy) is 1. The zero-order valence-corrected chi connectivity index (χ0v) is 14.9. The minimum Gasteiger partial charge on any atom is -0.392 e. The number of nitrogens with zero attached hydrogens (tertiary/aromatic N) is 1. The second kappa shape index (κ2) is 6.08. The van der Waals surface area contributed by atoms with Crippen molar-refractivity contribution < 1.29 is 28.6 Å². The number of likely N-dealkylation sites (tertiary alicyclic amines) is 1. The van der Waals surface area contributed by atoms with E-state index in [-0.39, 0.29) is 18.7 Å². The molecule has 0 bridgehead atoms. The van der Waals surface area contributed by atoms with Crippen LogP contribution in [0, 0.1) is 17.7 Å². The molecule has 9 heteroatoms. The first-order valence-corrected chi connectivity index (χ1v) is 8.74. The van der Waals surface area contributed by atoms with Crippen molar-refractivity contribution in [3.8, 4) is 0 Å². The molecule has 4 rings (SSSR count). The van der Waals surface area contributed by atoms with Crippen molar-refractivity contribution in [3.63, 3.8) is 0 Å². The number of hydrogen-bond donors (Lipinski definition) is 3. The van der Waals surface area contributed by atoms with Crippen molar-refractivity contribution in [2.75, 3.05) is 25.6 Å². The molecule has 0 radical (unpaired) electrons. The predicted molar refractivity (Wildman–Crippen MR) is 90.9 cm³/mol. The third kappa shape index (κ3) is 2.28. The van der Waals surface area contributed by atoms with E-state index in [1.165, 1.54) is 32.2 Å². The van der Waals surface area contributed by atoms with Gasteiger partial charge in [0.1, 0.15) is 11.4 Å². The maximum absolute atomic E-state index is 13.9. The average molecular weight is 377 g/mol. The molecule has 0 aliphatic carbocycles. The van der Waals surface area contributed by atoms with E-state index in [0.29, 0.717) is 5.69 Å². The van der Waals surface area contributed by atoms with Crippen molar-refractivity contribution in [1.82, 2.24) is 10.2 Å². The lowest BCUT2D eigenvalue weighted by Gasteiger charge is -2.30. The highest BCUT2D eigenvalue weighted by Crippen LogP contribution is 2.53. The van der Waals surface area contributed by atoms with Crippen molar-refractivity contribution >= 4 is 23.4 Å². The highest BCUT2D eigenvalue weighted by molar-refractivity contribution is 6.15. The molecule has 3 aliphatic heterocycles. The van der Waals surface area contributed by atoms with Crippen LogP contribution in [0.25, 0.3) is 0 Å². The molecule has 5 atom stereocenters. The summed E-state index contributed by atoms with van der Waals surface area (Å²) in [5.41, 5.74) is -0.937. The van der Waals surface area contributed by atoms with Crippen LogP contribution in [0.15, 0.2) is 18.2 Å². The van der Waals surface area contributed by atoms with Crippen LogP contribution in [0.3, 0.4) is 0 Å². The summed E-state index contributed by atoms with van der Waals surface area (Å²) in [7, 11) is 1.46. The summed E-state index contributed by atoms with van der Waals surface area (Å²) in [6.07, 6.45) is -0.999. The Labute approximate surface area is 154 Å². The van der Waals surface area contributed by atoms with Crippen LogP contribution < -0.4 is 10.6 Å². The summed E-state index contributed by atoms with van der Waals surface area (Å²) >= 11 is 0. The van der Waals surface area contributed by atoms with Gasteiger partial charge >= 0.3 is 0 Å². The van der Waals surface area contributed by atoms with Gasteiger partial charge in [-0.25, -0.2) is 4.39 Å². The van der Waals surface area contributed by atoms with E-state index in [9.17, 15) is 23.9 Å². The molecule has 3 amide bonds. The van der Waals surface area contributed by atoms with Crippen LogP contribution in [0.1, 0.15) is 12.5 Å². The minimum absolute atomic E-state index is 0.0569. The lowest BCUT2D eigenvalue weighted by Crippen LogP contribution is -2.55. The molecular formula is C18H20FN3O5. The van der Waals surface area contributed by atoms with Crippen LogP contribution in [0.5, 0.6) is 0 Å². The average Bonchev–Trinajstić information content (AvgIpc) is 3.20. The van der Waals surface area contributed by atoms with Gasteiger partial charge in [0.25, 0.3) is 0 Å². The van der Waals surface area contributed by atoms with Crippen LogP contribution in [0.2, 0.25) is 0 Å². The fraction of sp³-hybridized carbons (Fsp3) is 0.500. The van der Waals surface area contributed by atoms with Gasteiger partial charge in [-0.15, -0.1) is 0 Å². The smallest absolute Gasteiger partial charge is 0.250 e. The Balaban J connectivity index is 1.86. The number of amides is 3. The molecular weight excluding hydrogens is 357 g/mol. The molecule has 0 saturated carbocycles. The lowest BCUT2D eigenvalue weighted by atomic mass is 9.76. The maximum Gasteiger partial charge on any atom is 0.250 e. The van der Waals surface area contributed by atoms with Crippen molar-refractivity contribution in [1.29, 1.82) is 0 Å². The molecule has 3 N–H and O–H groups in total. The SMILES string of the molecule is COCCN1C(=O)[C@@H]2C(C(C)O)NC3(C(=O)Nc4ccc(F)cc43)[C@@H]2C1=O. The monoisotopic (exact) mass is 377 g/mol. The number of anilines is 1. The standard InChI is InChI=1S/C18H20FN3O5/c1-8(23)14-12-13(16(25)22(15(12)24)5-6-27-2)18(21-14)10-7-9(19)3-4-11(10)20-17(18)26/h3-4,7-8,12-14,21,23H,5-6H2,1-2H3,(H,20,26)/t8?,12-,13-,14?,18?/m0/s1. The predicted octanol–water partition coefficient (Wildman–Crippen LogP) is -0.427. The first kappa shape index (κ1) is 18.0. The van der Waals surface area contributed by atoms with Gasteiger partial charge in [0.15, 0.2) is 0 Å². The third-order valence-electron chi connectivity index (χ3n) is 5.74. The molecule has 3 aliphatic rings. The highest BCUT2D eigenvalue weighted by atomic mass is 19.1. The molecule has 144 valence electrons. The molecule has 3 unspecified atom stereocenters. The summed E-state index contributed by atoms with van der Waals surface area (Å²) in [5.74, 6) is -4.06. The number of halogens is 1. The van der Waals surface area contributed by atoms with Gasteiger partial charge in [0.2, 0.25) is 17.7 Å². The van der Waals surface area contributed by atoms with Gasteiger partial charge in [-0.2, -0.15) is 0 Å². The second-order valence-electron chi connectivity index (χ2n) is 7.19. The van der Waals surface area contributed by atoms with E-state index in [1.54, 1.807) is 0 Å². The van der Waals surface area contributed by atoms with Gasteiger partial charge in [-0.1, -0.05) is 0 Å². The van der Waals surface area contributed by atoms with E-state index < -0.39 is 53.1 Å². The molecule has 2 fully saturated rings. The van der Waals surface area contributed by atoms with E-state index in [1.807, 2.05) is 0 Å². The van der Waals surface area contributed by atoms with Crippen LogP contribution >= 0.6 is 0 Å². The summed E-state index contributed by atoms with van der Waals surface area (Å²) in [6, 6.07) is 3.01. The summed E-state index contributed by atoms with van der Waals surface area (Å²) < 4.78 is 18.9. The first-order valence-electron chi connectivity index (χ1n) is 8.74. The molecule has 8 nitrogen and oxygen atoms in total. The first-order chi connectivity index (χ1) is 12.8. The number of hydrogen-bond acceptors (Lipinski definition) is 6. The molecule has 3 heterocycles. The lowest BCUT2D eigenvalue weighted by molar-refractivity contribution is -0.143. The topological polar surface area (TPSA) is 108 Å².